The van der Waals surface area contributed by atoms with E-state index in [1.807, 2.05) is 0 Å². The maximum Gasteiger partial charge on any atom is 0.127 e. The lowest BCUT2D eigenvalue weighted by Crippen LogP contribution is -2.31. The molecule has 0 aliphatic carbocycles. The first-order valence-corrected chi connectivity index (χ1v) is 4.94. The summed E-state index contributed by atoms with van der Waals surface area (Å²) in [6, 6.07) is 3.25. The summed E-state index contributed by atoms with van der Waals surface area (Å²) in [7, 11) is 1.66. The summed E-state index contributed by atoms with van der Waals surface area (Å²) in [5.41, 5.74) is 0.229. The van der Waals surface area contributed by atoms with Gasteiger partial charge >= 0.3 is 0 Å². The molecule has 0 aliphatic heterocycles. The Morgan fingerprint density at radius 3 is 2.69 bits per heavy atom. The van der Waals surface area contributed by atoms with Crippen molar-refractivity contribution in [2.75, 3.05) is 20.2 Å². The molecule has 0 spiro atoms. The van der Waals surface area contributed by atoms with Gasteiger partial charge in [0.2, 0.25) is 0 Å². The van der Waals surface area contributed by atoms with Gasteiger partial charge < -0.3 is 10.2 Å². The maximum atomic E-state index is 13.2. The molecule has 2 N–H and O–H groups in total. The Morgan fingerprint density at radius 1 is 1.38 bits per heavy atom. The van der Waals surface area contributed by atoms with Gasteiger partial charge in [-0.2, -0.15) is 0 Å². The molecule has 16 heavy (non-hydrogen) atoms. The van der Waals surface area contributed by atoms with Gasteiger partial charge in [0.1, 0.15) is 11.6 Å². The lowest BCUT2D eigenvalue weighted by atomic mass is 10.2. The minimum Gasteiger partial charge on any atom is -0.394 e. The van der Waals surface area contributed by atoms with Gasteiger partial charge in [-0.15, -0.1) is 0 Å². The zero-order valence-corrected chi connectivity index (χ0v) is 9.03. The average molecular weight is 231 g/mol. The van der Waals surface area contributed by atoms with E-state index in [9.17, 15) is 13.9 Å². The molecule has 0 heterocycles. The number of likely N-dealkylation sites (N-methyl/N-ethyl adjacent to an activating group) is 1. The largest absolute Gasteiger partial charge is 0.394 e. The predicted octanol–water partition coefficient (Wildman–Crippen LogP) is 0.750. The van der Waals surface area contributed by atoms with Crippen LogP contribution in [0.2, 0.25) is 0 Å². The highest BCUT2D eigenvalue weighted by Crippen LogP contribution is 2.11. The predicted molar refractivity (Wildman–Crippen MR) is 55.8 cm³/mol. The van der Waals surface area contributed by atoms with Crippen molar-refractivity contribution in [2.24, 2.45) is 0 Å². The van der Waals surface area contributed by atoms with E-state index in [1.165, 1.54) is 0 Å². The molecule has 0 saturated carbocycles. The van der Waals surface area contributed by atoms with Gasteiger partial charge in [0.05, 0.1) is 12.7 Å². The van der Waals surface area contributed by atoms with Crippen LogP contribution in [-0.4, -0.2) is 41.4 Å². The Morgan fingerprint density at radius 2 is 2.06 bits per heavy atom. The Kier molecular flexibility index (Phi) is 4.79. The van der Waals surface area contributed by atoms with E-state index in [0.29, 0.717) is 0 Å². The molecule has 0 amide bonds. The molecule has 1 rings (SSSR count). The first kappa shape index (κ1) is 13.0. The van der Waals surface area contributed by atoms with Crippen molar-refractivity contribution in [1.82, 2.24) is 4.90 Å². The minimum absolute atomic E-state index is 0.181. The molecule has 0 radical (unpaired) electrons. The molecule has 0 bridgehead atoms. The van der Waals surface area contributed by atoms with Crippen molar-refractivity contribution in [1.29, 1.82) is 0 Å². The summed E-state index contributed by atoms with van der Waals surface area (Å²) in [6.45, 7) is 0.0308. The van der Waals surface area contributed by atoms with Gasteiger partial charge in [0.15, 0.2) is 0 Å². The van der Waals surface area contributed by atoms with Crippen LogP contribution in [0.5, 0.6) is 0 Å². The zero-order chi connectivity index (χ0) is 12.1. The van der Waals surface area contributed by atoms with E-state index < -0.39 is 17.7 Å². The van der Waals surface area contributed by atoms with Gasteiger partial charge in [-0.25, -0.2) is 8.78 Å². The summed E-state index contributed by atoms with van der Waals surface area (Å²) in [5.74, 6) is -0.973. The molecule has 1 unspecified atom stereocenters. The third kappa shape index (κ3) is 3.84. The maximum absolute atomic E-state index is 13.2. The first-order valence-electron chi connectivity index (χ1n) is 4.94. The van der Waals surface area contributed by atoms with Crippen molar-refractivity contribution < 1.29 is 19.0 Å². The third-order valence-electron chi connectivity index (χ3n) is 2.18. The fourth-order valence-corrected chi connectivity index (χ4v) is 1.44. The molecule has 90 valence electrons. The highest BCUT2D eigenvalue weighted by atomic mass is 19.1. The molecule has 1 aromatic rings. The number of rotatable bonds is 5. The highest BCUT2D eigenvalue weighted by Gasteiger charge is 2.10. The molecule has 0 aromatic heterocycles. The smallest absolute Gasteiger partial charge is 0.127 e. The second-order valence-corrected chi connectivity index (χ2v) is 3.77. The Balaban J connectivity index is 2.61. The number of benzene rings is 1. The van der Waals surface area contributed by atoms with Crippen molar-refractivity contribution in [3.05, 3.63) is 35.4 Å². The average Bonchev–Trinajstić information content (AvgIpc) is 2.23. The molecular weight excluding hydrogens is 216 g/mol. The molecule has 0 saturated heterocycles. The highest BCUT2D eigenvalue weighted by molar-refractivity contribution is 5.18. The summed E-state index contributed by atoms with van der Waals surface area (Å²) in [5, 5.41) is 17.8. The normalized spacial score (nSPS) is 13.1. The number of halogens is 2. The van der Waals surface area contributed by atoms with E-state index in [0.717, 1.165) is 18.2 Å². The summed E-state index contributed by atoms with van der Waals surface area (Å²) >= 11 is 0. The number of hydrogen-bond acceptors (Lipinski definition) is 3. The van der Waals surface area contributed by atoms with Crippen molar-refractivity contribution in [3.63, 3.8) is 0 Å². The topological polar surface area (TPSA) is 43.7 Å². The molecule has 1 atom stereocenters. The van der Waals surface area contributed by atoms with Crippen LogP contribution in [0.3, 0.4) is 0 Å². The third-order valence-corrected chi connectivity index (χ3v) is 2.18. The van der Waals surface area contributed by atoms with Crippen LogP contribution >= 0.6 is 0 Å². The van der Waals surface area contributed by atoms with Gasteiger partial charge in [-0.05, 0) is 25.2 Å². The summed E-state index contributed by atoms with van der Waals surface area (Å²) in [4.78, 5) is 1.61. The zero-order valence-electron chi connectivity index (χ0n) is 9.03. The van der Waals surface area contributed by atoms with Gasteiger partial charge in [-0.1, -0.05) is 0 Å². The van der Waals surface area contributed by atoms with Crippen LogP contribution in [-0.2, 0) is 6.54 Å². The molecule has 5 heteroatoms. The Bertz CT molecular complexity index is 347. The van der Waals surface area contributed by atoms with Crippen molar-refractivity contribution in [3.8, 4) is 0 Å². The number of aliphatic hydroxyl groups is 2. The minimum atomic E-state index is -0.873. The quantitative estimate of drug-likeness (QED) is 0.786. The number of nitrogens with zero attached hydrogens (tertiary/aromatic N) is 1. The van der Waals surface area contributed by atoms with E-state index in [1.54, 1.807) is 11.9 Å². The van der Waals surface area contributed by atoms with Gasteiger partial charge in [0.25, 0.3) is 0 Å². The number of aliphatic hydroxyl groups excluding tert-OH is 2. The SMILES string of the molecule is CN(Cc1cc(F)ccc1F)CC(O)CO. The van der Waals surface area contributed by atoms with Gasteiger partial charge in [0, 0.05) is 18.7 Å². The standard InChI is InChI=1S/C11H15F2NO2/c1-14(6-10(16)7-15)5-8-4-9(12)2-3-11(8)13/h2-4,10,15-16H,5-7H2,1H3. The van der Waals surface area contributed by atoms with E-state index >= 15 is 0 Å². The Labute approximate surface area is 92.9 Å². The molecule has 1 aromatic carbocycles. The molecule has 3 nitrogen and oxygen atoms in total. The van der Waals surface area contributed by atoms with E-state index in [-0.39, 0.29) is 25.3 Å². The fourth-order valence-electron chi connectivity index (χ4n) is 1.44. The fraction of sp³-hybridized carbons (Fsp3) is 0.455. The molecule has 0 aliphatic rings. The monoisotopic (exact) mass is 231 g/mol. The van der Waals surface area contributed by atoms with Crippen LogP contribution in [0.1, 0.15) is 5.56 Å². The van der Waals surface area contributed by atoms with Crippen molar-refractivity contribution >= 4 is 0 Å². The second kappa shape index (κ2) is 5.89. The Hall–Kier alpha value is -1.04. The van der Waals surface area contributed by atoms with Gasteiger partial charge in [-0.3, -0.25) is 4.90 Å². The van der Waals surface area contributed by atoms with Crippen LogP contribution in [0.15, 0.2) is 18.2 Å². The first-order chi connectivity index (χ1) is 7.52. The van der Waals surface area contributed by atoms with E-state index in [4.69, 9.17) is 5.11 Å². The van der Waals surface area contributed by atoms with Crippen LogP contribution in [0, 0.1) is 11.6 Å². The summed E-state index contributed by atoms with van der Waals surface area (Å²) < 4.78 is 26.1. The van der Waals surface area contributed by atoms with Crippen molar-refractivity contribution in [2.45, 2.75) is 12.6 Å². The second-order valence-electron chi connectivity index (χ2n) is 3.77. The van der Waals surface area contributed by atoms with Crippen LogP contribution < -0.4 is 0 Å². The van der Waals surface area contributed by atoms with Crippen LogP contribution in [0.4, 0.5) is 8.78 Å². The van der Waals surface area contributed by atoms with E-state index in [2.05, 4.69) is 0 Å². The lowest BCUT2D eigenvalue weighted by Gasteiger charge is -2.19. The molecule has 0 fully saturated rings. The lowest BCUT2D eigenvalue weighted by molar-refractivity contribution is 0.0645. The number of hydrogen-bond donors (Lipinski definition) is 2. The van der Waals surface area contributed by atoms with Crippen LogP contribution in [0.25, 0.3) is 0 Å². The molecular formula is C11H15F2NO2. The summed E-state index contributed by atoms with van der Waals surface area (Å²) in [6.07, 6.45) is -0.873.